The van der Waals surface area contributed by atoms with Crippen LogP contribution in [0.4, 0.5) is 0 Å². The number of ketones is 1. The van der Waals surface area contributed by atoms with Crippen molar-refractivity contribution in [1.82, 2.24) is 4.90 Å². The van der Waals surface area contributed by atoms with Crippen molar-refractivity contribution < 1.29 is 4.79 Å². The first kappa shape index (κ1) is 12.8. The minimum atomic E-state index is -0.180. The molecule has 1 aromatic heterocycles. The predicted octanol–water partition coefficient (Wildman–Crippen LogP) is 4.10. The third-order valence-electron chi connectivity index (χ3n) is 4.42. The Labute approximate surface area is 120 Å². The van der Waals surface area contributed by atoms with Crippen LogP contribution < -0.4 is 0 Å². The van der Waals surface area contributed by atoms with Crippen molar-refractivity contribution in [2.24, 2.45) is 0 Å². The summed E-state index contributed by atoms with van der Waals surface area (Å²) in [6, 6.07) is 0. The van der Waals surface area contributed by atoms with Gasteiger partial charge >= 0.3 is 0 Å². The van der Waals surface area contributed by atoms with Crippen molar-refractivity contribution >= 4 is 33.0 Å². The second kappa shape index (κ2) is 5.06. The first-order chi connectivity index (χ1) is 8.74. The molecule has 2 heterocycles. The molecule has 1 saturated carbocycles. The van der Waals surface area contributed by atoms with Crippen LogP contribution >= 0.6 is 27.3 Å². The Morgan fingerprint density at radius 2 is 1.83 bits per heavy atom. The summed E-state index contributed by atoms with van der Waals surface area (Å²) >= 11 is 5.13. The highest BCUT2D eigenvalue weighted by Gasteiger charge is 2.47. The van der Waals surface area contributed by atoms with E-state index in [0.717, 1.165) is 36.0 Å². The minimum absolute atomic E-state index is 0.180. The number of hydrogen-bond acceptors (Lipinski definition) is 3. The lowest BCUT2D eigenvalue weighted by Crippen LogP contribution is -2.51. The average molecular weight is 328 g/mol. The van der Waals surface area contributed by atoms with Gasteiger partial charge in [-0.2, -0.15) is 11.3 Å². The maximum Gasteiger partial charge on any atom is 0.185 e. The van der Waals surface area contributed by atoms with Crippen LogP contribution in [-0.2, 0) is 0 Å². The standard InChI is InChI=1S/C14H18BrNOS/c15-12-10-18-9-11(12)13(17)14(5-1-2-6-14)16-7-3-4-8-16/h9-10H,1-8H2. The molecule has 0 spiro atoms. The smallest absolute Gasteiger partial charge is 0.185 e. The Hall–Kier alpha value is -0.190. The van der Waals surface area contributed by atoms with Gasteiger partial charge in [-0.15, -0.1) is 0 Å². The number of thiophene rings is 1. The first-order valence-electron chi connectivity index (χ1n) is 6.76. The number of carbonyl (C=O) groups is 1. The zero-order valence-corrected chi connectivity index (χ0v) is 12.9. The van der Waals surface area contributed by atoms with Gasteiger partial charge in [-0.05, 0) is 54.7 Å². The highest BCUT2D eigenvalue weighted by Crippen LogP contribution is 2.41. The van der Waals surface area contributed by atoms with Crippen molar-refractivity contribution in [1.29, 1.82) is 0 Å². The topological polar surface area (TPSA) is 20.3 Å². The first-order valence-corrected chi connectivity index (χ1v) is 8.49. The lowest BCUT2D eigenvalue weighted by atomic mass is 9.87. The van der Waals surface area contributed by atoms with Crippen LogP contribution in [0.15, 0.2) is 15.2 Å². The molecule has 0 bridgehead atoms. The molecule has 98 valence electrons. The molecule has 2 fully saturated rings. The summed E-state index contributed by atoms with van der Waals surface area (Å²) in [6.07, 6.45) is 7.00. The molecule has 18 heavy (non-hydrogen) atoms. The molecule has 1 aliphatic carbocycles. The van der Waals surface area contributed by atoms with Crippen molar-refractivity contribution in [3.8, 4) is 0 Å². The number of Topliss-reactive ketones (excluding diaryl/α,β-unsaturated/α-hetero) is 1. The van der Waals surface area contributed by atoms with Crippen LogP contribution in [0.2, 0.25) is 0 Å². The molecule has 0 aromatic carbocycles. The van der Waals surface area contributed by atoms with Gasteiger partial charge in [0.05, 0.1) is 5.54 Å². The zero-order valence-electron chi connectivity index (χ0n) is 10.5. The van der Waals surface area contributed by atoms with Crippen molar-refractivity contribution in [2.45, 2.75) is 44.1 Å². The molecule has 0 amide bonds. The Morgan fingerprint density at radius 3 is 2.39 bits per heavy atom. The van der Waals surface area contributed by atoms with E-state index in [1.165, 1.54) is 25.7 Å². The molecule has 0 radical (unpaired) electrons. The third kappa shape index (κ3) is 1.98. The van der Waals surface area contributed by atoms with Gasteiger partial charge in [-0.25, -0.2) is 0 Å². The SMILES string of the molecule is O=C(c1cscc1Br)C1(N2CCCC2)CCCC1. The van der Waals surface area contributed by atoms with E-state index < -0.39 is 0 Å². The highest BCUT2D eigenvalue weighted by atomic mass is 79.9. The lowest BCUT2D eigenvalue weighted by Gasteiger charge is -2.37. The summed E-state index contributed by atoms with van der Waals surface area (Å²) in [5.41, 5.74) is 0.717. The Balaban J connectivity index is 1.94. The number of nitrogens with zero attached hydrogens (tertiary/aromatic N) is 1. The van der Waals surface area contributed by atoms with Crippen molar-refractivity contribution in [2.75, 3.05) is 13.1 Å². The lowest BCUT2D eigenvalue weighted by molar-refractivity contribution is 0.0626. The van der Waals surface area contributed by atoms with Crippen LogP contribution in [0.3, 0.4) is 0 Å². The van der Waals surface area contributed by atoms with E-state index in [9.17, 15) is 4.79 Å². The van der Waals surface area contributed by atoms with Crippen LogP contribution in [0.25, 0.3) is 0 Å². The molecule has 1 aromatic rings. The molecule has 2 nitrogen and oxygen atoms in total. The maximum atomic E-state index is 13.0. The van der Waals surface area contributed by atoms with Gasteiger partial charge in [0.15, 0.2) is 5.78 Å². The number of likely N-dealkylation sites (tertiary alicyclic amines) is 1. The molecular formula is C14H18BrNOS. The Kier molecular flexibility index (Phi) is 3.61. The zero-order chi connectivity index (χ0) is 12.6. The fourth-order valence-corrected chi connectivity index (χ4v) is 4.94. The van der Waals surface area contributed by atoms with E-state index in [2.05, 4.69) is 20.8 Å². The van der Waals surface area contributed by atoms with E-state index in [0.29, 0.717) is 5.78 Å². The van der Waals surface area contributed by atoms with Crippen LogP contribution in [0.1, 0.15) is 48.9 Å². The normalized spacial score (nSPS) is 23.6. The minimum Gasteiger partial charge on any atom is -0.292 e. The molecule has 2 aliphatic rings. The van der Waals surface area contributed by atoms with Crippen LogP contribution in [0.5, 0.6) is 0 Å². The monoisotopic (exact) mass is 327 g/mol. The highest BCUT2D eigenvalue weighted by molar-refractivity contribution is 9.10. The molecule has 0 atom stereocenters. The molecule has 3 rings (SSSR count). The summed E-state index contributed by atoms with van der Waals surface area (Å²) in [7, 11) is 0. The third-order valence-corrected chi connectivity index (χ3v) is 6.13. The largest absolute Gasteiger partial charge is 0.292 e. The molecule has 1 aliphatic heterocycles. The number of rotatable bonds is 3. The molecule has 0 unspecified atom stereocenters. The second-order valence-electron chi connectivity index (χ2n) is 5.40. The fourth-order valence-electron chi connectivity index (χ4n) is 3.49. The number of halogens is 1. The summed E-state index contributed by atoms with van der Waals surface area (Å²) in [5.74, 6) is 0.357. The predicted molar refractivity (Wildman–Crippen MR) is 78.4 cm³/mol. The quantitative estimate of drug-likeness (QED) is 0.779. The second-order valence-corrected chi connectivity index (χ2v) is 6.99. The number of hydrogen-bond donors (Lipinski definition) is 0. The van der Waals surface area contributed by atoms with E-state index in [-0.39, 0.29) is 5.54 Å². The molecule has 0 N–H and O–H groups in total. The van der Waals surface area contributed by atoms with E-state index in [4.69, 9.17) is 0 Å². The average Bonchev–Trinajstić information content (AvgIpc) is 3.10. The van der Waals surface area contributed by atoms with Crippen molar-refractivity contribution in [3.05, 3.63) is 20.8 Å². The Bertz CT molecular complexity index is 444. The van der Waals surface area contributed by atoms with Gasteiger partial charge in [-0.1, -0.05) is 12.8 Å². The van der Waals surface area contributed by atoms with Crippen LogP contribution in [0, 0.1) is 0 Å². The van der Waals surface area contributed by atoms with Crippen LogP contribution in [-0.4, -0.2) is 29.3 Å². The summed E-state index contributed by atoms with van der Waals surface area (Å²) < 4.78 is 0.975. The number of carbonyl (C=O) groups excluding carboxylic acids is 1. The van der Waals surface area contributed by atoms with Gasteiger partial charge in [0.1, 0.15) is 0 Å². The molecule has 1 saturated heterocycles. The van der Waals surface area contributed by atoms with Gasteiger partial charge in [0, 0.05) is 20.8 Å². The van der Waals surface area contributed by atoms with Gasteiger partial charge in [0.25, 0.3) is 0 Å². The van der Waals surface area contributed by atoms with Gasteiger partial charge in [0.2, 0.25) is 0 Å². The maximum absolute atomic E-state index is 13.0. The summed E-state index contributed by atoms with van der Waals surface area (Å²) in [5, 5.41) is 4.02. The molecule has 4 heteroatoms. The van der Waals surface area contributed by atoms with Gasteiger partial charge in [-0.3, -0.25) is 9.69 Å². The summed E-state index contributed by atoms with van der Waals surface area (Å²) in [4.78, 5) is 15.4. The van der Waals surface area contributed by atoms with Crippen molar-refractivity contribution in [3.63, 3.8) is 0 Å². The van der Waals surface area contributed by atoms with E-state index in [1.807, 2.05) is 10.8 Å². The summed E-state index contributed by atoms with van der Waals surface area (Å²) in [6.45, 7) is 2.21. The van der Waals surface area contributed by atoms with E-state index in [1.54, 1.807) is 11.3 Å². The van der Waals surface area contributed by atoms with Gasteiger partial charge < -0.3 is 0 Å². The fraction of sp³-hybridized carbons (Fsp3) is 0.643. The Morgan fingerprint density at radius 1 is 1.17 bits per heavy atom. The van der Waals surface area contributed by atoms with E-state index >= 15 is 0 Å². The molecular weight excluding hydrogens is 310 g/mol.